The van der Waals surface area contributed by atoms with Gasteiger partial charge in [0.2, 0.25) is 5.91 Å². The second-order valence-electron chi connectivity index (χ2n) is 12.0. The molecule has 1 saturated heterocycles. The van der Waals surface area contributed by atoms with Crippen molar-refractivity contribution in [3.63, 3.8) is 0 Å². The number of carbonyl (C=O) groups excluding carboxylic acids is 3. The molecule has 2 aliphatic rings. The molecular weight excluding hydrogens is 522 g/mol. The Kier molecular flexibility index (Phi) is 7.83. The Labute approximate surface area is 240 Å². The first-order chi connectivity index (χ1) is 19.5. The number of benzene rings is 2. The molecule has 0 radical (unpaired) electrons. The highest BCUT2D eigenvalue weighted by Gasteiger charge is 2.38. The number of ether oxygens (including phenoxy) is 3. The predicted octanol–water partition coefficient (Wildman–Crippen LogP) is 5.32. The summed E-state index contributed by atoms with van der Waals surface area (Å²) in [5.74, 6) is 0.732. The third-order valence-corrected chi connectivity index (χ3v) is 7.85. The number of piperazine rings is 1. The number of esters is 1. The van der Waals surface area contributed by atoms with E-state index in [0.29, 0.717) is 31.7 Å². The number of carbonyl (C=O) groups is 3. The molecule has 9 heteroatoms. The quantitative estimate of drug-likeness (QED) is 0.376. The molecule has 9 nitrogen and oxygen atoms in total. The van der Waals surface area contributed by atoms with E-state index in [1.807, 2.05) is 56.9 Å². The molecule has 5 rings (SSSR count). The van der Waals surface area contributed by atoms with Crippen LogP contribution in [0.2, 0.25) is 0 Å². The maximum Gasteiger partial charge on any atom is 0.419 e. The number of amides is 1. The van der Waals surface area contributed by atoms with Crippen LogP contribution >= 0.6 is 0 Å². The molecule has 3 aromatic rings. The van der Waals surface area contributed by atoms with Crippen LogP contribution in [0.5, 0.6) is 5.75 Å². The van der Waals surface area contributed by atoms with Gasteiger partial charge in [0.15, 0.2) is 0 Å². The van der Waals surface area contributed by atoms with Crippen molar-refractivity contribution in [2.45, 2.75) is 58.7 Å². The van der Waals surface area contributed by atoms with Crippen LogP contribution in [0.25, 0.3) is 10.9 Å². The molecule has 1 amide bonds. The number of hydrogen-bond acceptors (Lipinski definition) is 7. The van der Waals surface area contributed by atoms with Crippen LogP contribution in [0.1, 0.15) is 66.7 Å². The zero-order chi connectivity index (χ0) is 29.5. The minimum Gasteiger partial charge on any atom is -0.496 e. The Bertz CT molecular complexity index is 1470. The van der Waals surface area contributed by atoms with Crippen LogP contribution in [-0.4, -0.2) is 71.8 Å². The zero-order valence-corrected chi connectivity index (χ0v) is 24.7. The Morgan fingerprint density at radius 3 is 2.32 bits per heavy atom. The van der Waals surface area contributed by atoms with Crippen molar-refractivity contribution < 1.29 is 28.6 Å². The number of aromatic nitrogens is 1. The van der Waals surface area contributed by atoms with Crippen molar-refractivity contribution in [2.75, 3.05) is 33.9 Å². The number of hydrogen-bond donors (Lipinski definition) is 0. The average Bonchev–Trinajstić information content (AvgIpc) is 3.70. The van der Waals surface area contributed by atoms with Gasteiger partial charge >= 0.3 is 12.1 Å². The smallest absolute Gasteiger partial charge is 0.419 e. The molecule has 1 atom stereocenters. The zero-order valence-electron chi connectivity index (χ0n) is 24.7. The summed E-state index contributed by atoms with van der Waals surface area (Å²) in [6.45, 7) is 9.94. The van der Waals surface area contributed by atoms with E-state index in [0.717, 1.165) is 46.2 Å². The second kappa shape index (κ2) is 11.2. The summed E-state index contributed by atoms with van der Waals surface area (Å²) in [5, 5.41) is 0.920. The van der Waals surface area contributed by atoms with Gasteiger partial charge in [0.25, 0.3) is 0 Å². The van der Waals surface area contributed by atoms with Gasteiger partial charge in [0.1, 0.15) is 11.4 Å². The maximum absolute atomic E-state index is 13.1. The number of fused-ring (bicyclic) bond motifs is 1. The molecule has 1 aromatic heterocycles. The predicted molar refractivity (Wildman–Crippen MR) is 155 cm³/mol. The lowest BCUT2D eigenvalue weighted by Crippen LogP contribution is -2.50. The van der Waals surface area contributed by atoms with E-state index in [1.165, 1.54) is 7.11 Å². The van der Waals surface area contributed by atoms with Crippen molar-refractivity contribution in [1.29, 1.82) is 0 Å². The van der Waals surface area contributed by atoms with E-state index in [2.05, 4.69) is 4.90 Å². The lowest BCUT2D eigenvalue weighted by Gasteiger charge is -2.42. The molecule has 1 aliphatic heterocycles. The largest absolute Gasteiger partial charge is 0.496 e. The molecule has 218 valence electrons. The lowest BCUT2D eigenvalue weighted by atomic mass is 9.98. The van der Waals surface area contributed by atoms with Crippen LogP contribution in [0, 0.1) is 12.8 Å². The third-order valence-electron chi connectivity index (χ3n) is 7.85. The first-order valence-electron chi connectivity index (χ1n) is 14.1. The molecule has 1 saturated carbocycles. The highest BCUT2D eigenvalue weighted by Crippen LogP contribution is 2.38. The first-order valence-corrected chi connectivity index (χ1v) is 14.1. The molecule has 2 aromatic carbocycles. The summed E-state index contributed by atoms with van der Waals surface area (Å²) in [4.78, 5) is 42.5. The molecule has 41 heavy (non-hydrogen) atoms. The number of methoxy groups -OCH3 is 2. The van der Waals surface area contributed by atoms with E-state index < -0.39 is 11.7 Å². The molecule has 2 fully saturated rings. The fraction of sp³-hybridized carbons (Fsp3) is 0.469. The standard InChI is InChI=1S/C32H39N3O6/c1-20-17-27(39-5)25(24-13-14-35(28(20)24)31(38)41-32(2,3)4)18-33-15-16-34(29(36)22-9-10-22)19-26(33)21-7-11-23(12-8-21)30(37)40-6/h7-8,11-14,17,22,26H,9-10,15-16,18-19H2,1-6H3/t26-/m1/s1. The molecule has 0 unspecified atom stereocenters. The van der Waals surface area contributed by atoms with Gasteiger partial charge in [-0.3, -0.25) is 14.3 Å². The Balaban J connectivity index is 1.51. The fourth-order valence-corrected chi connectivity index (χ4v) is 5.65. The third kappa shape index (κ3) is 5.95. The van der Waals surface area contributed by atoms with Gasteiger partial charge in [0, 0.05) is 49.2 Å². The van der Waals surface area contributed by atoms with Crippen molar-refractivity contribution in [1.82, 2.24) is 14.4 Å². The minimum atomic E-state index is -0.620. The number of aryl methyl sites for hydroxylation is 1. The first kappa shape index (κ1) is 28.7. The van der Waals surface area contributed by atoms with Crippen LogP contribution in [0.4, 0.5) is 4.79 Å². The SMILES string of the molecule is COC(=O)c1ccc([C@H]2CN(C(=O)C3CC3)CCN2Cc2c(OC)cc(C)c3c2ccn3C(=O)OC(C)(C)C)cc1. The monoisotopic (exact) mass is 561 g/mol. The maximum atomic E-state index is 13.1. The Morgan fingerprint density at radius 2 is 1.71 bits per heavy atom. The van der Waals surface area contributed by atoms with E-state index in [4.69, 9.17) is 14.2 Å². The topological polar surface area (TPSA) is 90.3 Å². The van der Waals surface area contributed by atoms with Gasteiger partial charge in [0.05, 0.1) is 31.3 Å². The van der Waals surface area contributed by atoms with Gasteiger partial charge in [-0.05, 0) is 75.9 Å². The lowest BCUT2D eigenvalue weighted by molar-refractivity contribution is -0.135. The highest BCUT2D eigenvalue weighted by molar-refractivity contribution is 5.95. The molecular formula is C32H39N3O6. The highest BCUT2D eigenvalue weighted by atomic mass is 16.6. The van der Waals surface area contributed by atoms with E-state index >= 15 is 0 Å². The van der Waals surface area contributed by atoms with Crippen molar-refractivity contribution >= 4 is 28.9 Å². The van der Waals surface area contributed by atoms with Gasteiger partial charge in [-0.2, -0.15) is 0 Å². The summed E-state index contributed by atoms with van der Waals surface area (Å²) in [6.07, 6.45) is 3.25. The van der Waals surface area contributed by atoms with E-state index in [1.54, 1.807) is 30.0 Å². The van der Waals surface area contributed by atoms with E-state index in [-0.39, 0.29) is 23.8 Å². The summed E-state index contributed by atoms with van der Waals surface area (Å²) in [6, 6.07) is 11.2. The minimum absolute atomic E-state index is 0.0906. The van der Waals surface area contributed by atoms with Crippen LogP contribution in [0.3, 0.4) is 0 Å². The van der Waals surface area contributed by atoms with Crippen molar-refractivity contribution in [3.05, 3.63) is 64.8 Å². The van der Waals surface area contributed by atoms with Crippen molar-refractivity contribution in [2.24, 2.45) is 5.92 Å². The summed E-state index contributed by atoms with van der Waals surface area (Å²) in [7, 11) is 3.02. The molecule has 0 N–H and O–H groups in total. The number of rotatable bonds is 6. The molecule has 0 spiro atoms. The summed E-state index contributed by atoms with van der Waals surface area (Å²) in [5.41, 5.74) is 3.54. The van der Waals surface area contributed by atoms with Crippen LogP contribution < -0.4 is 4.74 Å². The van der Waals surface area contributed by atoms with Crippen molar-refractivity contribution in [3.8, 4) is 5.75 Å². The number of nitrogens with zero attached hydrogens (tertiary/aromatic N) is 3. The van der Waals surface area contributed by atoms with E-state index in [9.17, 15) is 14.4 Å². The van der Waals surface area contributed by atoms with Crippen LogP contribution in [-0.2, 0) is 20.8 Å². The van der Waals surface area contributed by atoms with Crippen LogP contribution in [0.15, 0.2) is 42.6 Å². The Morgan fingerprint density at radius 1 is 1.00 bits per heavy atom. The van der Waals surface area contributed by atoms with Gasteiger partial charge in [-0.25, -0.2) is 9.59 Å². The van der Waals surface area contributed by atoms with Gasteiger partial charge < -0.3 is 19.1 Å². The fourth-order valence-electron chi connectivity index (χ4n) is 5.65. The van der Waals surface area contributed by atoms with Gasteiger partial charge in [-0.15, -0.1) is 0 Å². The molecule has 1 aliphatic carbocycles. The second-order valence-corrected chi connectivity index (χ2v) is 12.0. The molecule has 2 heterocycles. The average molecular weight is 562 g/mol. The van der Waals surface area contributed by atoms with Gasteiger partial charge in [-0.1, -0.05) is 12.1 Å². The normalized spacial score (nSPS) is 17.9. The summed E-state index contributed by atoms with van der Waals surface area (Å²) < 4.78 is 18.0. The Hall–Kier alpha value is -3.85. The molecule has 0 bridgehead atoms. The summed E-state index contributed by atoms with van der Waals surface area (Å²) >= 11 is 0.